The number of fused-ring (bicyclic) bond motifs is 1. The Balaban J connectivity index is 2.10. The standard InChI is InChI=1S/C13H16N2O3/c1-14-7-10(16)8-18-11-3-4-12-9(6-11)2-5-13(17)15-12/h2-6,10,14,16H,7-8H2,1H3,(H,15,17). The Hall–Kier alpha value is -1.85. The van der Waals surface area contributed by atoms with E-state index in [-0.39, 0.29) is 12.2 Å². The summed E-state index contributed by atoms with van der Waals surface area (Å²) in [5, 5.41) is 13.3. The number of ether oxygens (including phenoxy) is 1. The summed E-state index contributed by atoms with van der Waals surface area (Å²) in [6, 6.07) is 8.60. The molecule has 0 aliphatic rings. The van der Waals surface area contributed by atoms with E-state index in [2.05, 4.69) is 10.3 Å². The van der Waals surface area contributed by atoms with Crippen molar-refractivity contribution >= 4 is 10.9 Å². The normalized spacial score (nSPS) is 12.6. The van der Waals surface area contributed by atoms with Crippen molar-refractivity contribution in [2.75, 3.05) is 20.2 Å². The summed E-state index contributed by atoms with van der Waals surface area (Å²) in [6.45, 7) is 0.719. The molecule has 0 fully saturated rings. The molecular weight excluding hydrogens is 232 g/mol. The first-order valence-corrected chi connectivity index (χ1v) is 5.77. The quantitative estimate of drug-likeness (QED) is 0.720. The van der Waals surface area contributed by atoms with Crippen molar-refractivity contribution < 1.29 is 9.84 Å². The average molecular weight is 248 g/mol. The molecule has 1 unspecified atom stereocenters. The summed E-state index contributed by atoms with van der Waals surface area (Å²) in [5.74, 6) is 0.671. The molecule has 2 aromatic rings. The monoisotopic (exact) mass is 248 g/mol. The van der Waals surface area contributed by atoms with Crippen molar-refractivity contribution in [3.8, 4) is 5.75 Å². The number of hydrogen-bond acceptors (Lipinski definition) is 4. The minimum absolute atomic E-state index is 0.124. The Bertz CT molecular complexity index is 580. The maximum Gasteiger partial charge on any atom is 0.248 e. The maximum atomic E-state index is 11.1. The predicted octanol–water partition coefficient (Wildman–Crippen LogP) is 0.487. The molecular formula is C13H16N2O3. The topological polar surface area (TPSA) is 74.3 Å². The number of rotatable bonds is 5. The number of nitrogens with one attached hydrogen (secondary N) is 2. The van der Waals surface area contributed by atoms with Gasteiger partial charge in [-0.2, -0.15) is 0 Å². The van der Waals surface area contributed by atoms with Crippen LogP contribution >= 0.6 is 0 Å². The zero-order valence-corrected chi connectivity index (χ0v) is 10.1. The minimum atomic E-state index is -0.540. The van der Waals surface area contributed by atoms with E-state index in [0.29, 0.717) is 12.3 Å². The van der Waals surface area contributed by atoms with Crippen LogP contribution in [-0.2, 0) is 0 Å². The number of hydrogen-bond donors (Lipinski definition) is 3. The van der Waals surface area contributed by atoms with E-state index in [1.807, 2.05) is 6.07 Å². The van der Waals surface area contributed by atoms with Gasteiger partial charge in [0.1, 0.15) is 18.5 Å². The summed E-state index contributed by atoms with van der Waals surface area (Å²) in [4.78, 5) is 13.9. The molecule has 0 amide bonds. The first kappa shape index (κ1) is 12.6. The number of pyridine rings is 1. The molecule has 1 atom stereocenters. The van der Waals surface area contributed by atoms with Gasteiger partial charge in [-0.25, -0.2) is 0 Å². The van der Waals surface area contributed by atoms with Gasteiger partial charge in [-0.05, 0) is 31.3 Å². The number of aromatic amines is 1. The number of aromatic nitrogens is 1. The fourth-order valence-corrected chi connectivity index (χ4v) is 1.71. The Morgan fingerprint density at radius 2 is 2.22 bits per heavy atom. The highest BCUT2D eigenvalue weighted by Crippen LogP contribution is 2.18. The van der Waals surface area contributed by atoms with Gasteiger partial charge in [0, 0.05) is 23.5 Å². The van der Waals surface area contributed by atoms with Gasteiger partial charge >= 0.3 is 0 Å². The summed E-state index contributed by atoms with van der Waals surface area (Å²) >= 11 is 0. The third kappa shape index (κ3) is 3.09. The molecule has 0 radical (unpaired) electrons. The van der Waals surface area contributed by atoms with Gasteiger partial charge < -0.3 is 20.1 Å². The van der Waals surface area contributed by atoms with E-state index in [1.165, 1.54) is 6.07 Å². The maximum absolute atomic E-state index is 11.1. The van der Waals surface area contributed by atoms with Crippen molar-refractivity contribution in [3.63, 3.8) is 0 Å². The van der Waals surface area contributed by atoms with Crippen LogP contribution in [0.1, 0.15) is 0 Å². The van der Waals surface area contributed by atoms with Gasteiger partial charge in [0.25, 0.3) is 0 Å². The molecule has 0 spiro atoms. The Morgan fingerprint density at radius 3 is 3.00 bits per heavy atom. The van der Waals surface area contributed by atoms with Gasteiger partial charge in [0.2, 0.25) is 5.56 Å². The largest absolute Gasteiger partial charge is 0.491 e. The van der Waals surface area contributed by atoms with E-state index in [1.54, 1.807) is 25.2 Å². The lowest BCUT2D eigenvalue weighted by molar-refractivity contribution is 0.108. The van der Waals surface area contributed by atoms with Crippen molar-refractivity contribution in [2.45, 2.75) is 6.10 Å². The summed E-state index contributed by atoms with van der Waals surface area (Å²) in [5.41, 5.74) is 0.645. The van der Waals surface area contributed by atoms with Gasteiger partial charge in [0.05, 0.1) is 0 Å². The molecule has 96 valence electrons. The first-order chi connectivity index (χ1) is 8.69. The van der Waals surface area contributed by atoms with Crippen LogP contribution in [0.2, 0.25) is 0 Å². The predicted molar refractivity (Wildman–Crippen MR) is 70.0 cm³/mol. The molecule has 5 nitrogen and oxygen atoms in total. The van der Waals surface area contributed by atoms with Crippen LogP contribution < -0.4 is 15.6 Å². The number of aliphatic hydroxyl groups excluding tert-OH is 1. The van der Waals surface area contributed by atoms with Crippen molar-refractivity contribution in [2.24, 2.45) is 0 Å². The van der Waals surface area contributed by atoms with E-state index in [9.17, 15) is 9.90 Å². The average Bonchev–Trinajstić information content (AvgIpc) is 2.36. The lowest BCUT2D eigenvalue weighted by Crippen LogP contribution is -2.29. The van der Waals surface area contributed by atoms with Crippen LogP contribution in [0.5, 0.6) is 5.75 Å². The Kier molecular flexibility index (Phi) is 3.96. The third-order valence-electron chi connectivity index (χ3n) is 2.58. The van der Waals surface area contributed by atoms with Crippen molar-refractivity contribution in [1.29, 1.82) is 0 Å². The molecule has 0 aliphatic heterocycles. The van der Waals surface area contributed by atoms with Crippen LogP contribution in [0, 0.1) is 0 Å². The molecule has 0 bridgehead atoms. The lowest BCUT2D eigenvalue weighted by atomic mass is 10.2. The van der Waals surface area contributed by atoms with Crippen molar-refractivity contribution in [1.82, 2.24) is 10.3 Å². The third-order valence-corrected chi connectivity index (χ3v) is 2.58. The lowest BCUT2D eigenvalue weighted by Gasteiger charge is -2.12. The number of likely N-dealkylation sites (N-methyl/N-ethyl adjacent to an activating group) is 1. The van der Waals surface area contributed by atoms with Crippen LogP contribution in [0.3, 0.4) is 0 Å². The minimum Gasteiger partial charge on any atom is -0.491 e. The Morgan fingerprint density at radius 1 is 1.39 bits per heavy atom. The molecule has 5 heteroatoms. The second kappa shape index (κ2) is 5.66. The molecule has 0 saturated heterocycles. The van der Waals surface area contributed by atoms with Gasteiger partial charge in [-0.1, -0.05) is 0 Å². The van der Waals surface area contributed by atoms with Crippen LogP contribution in [0.25, 0.3) is 10.9 Å². The molecule has 0 saturated carbocycles. The summed E-state index contributed by atoms with van der Waals surface area (Å²) < 4.78 is 5.48. The summed E-state index contributed by atoms with van der Waals surface area (Å²) in [7, 11) is 1.77. The molecule has 1 aromatic heterocycles. The Labute approximate surface area is 104 Å². The second-order valence-electron chi connectivity index (χ2n) is 4.09. The van der Waals surface area contributed by atoms with Crippen LogP contribution in [0.4, 0.5) is 0 Å². The molecule has 0 aliphatic carbocycles. The number of H-pyrrole nitrogens is 1. The summed E-state index contributed by atoms with van der Waals surface area (Å²) in [6.07, 6.45) is -0.540. The molecule has 1 heterocycles. The van der Waals surface area contributed by atoms with Gasteiger partial charge in [0.15, 0.2) is 0 Å². The fourth-order valence-electron chi connectivity index (χ4n) is 1.71. The van der Waals surface area contributed by atoms with E-state index in [4.69, 9.17) is 4.74 Å². The highest BCUT2D eigenvalue weighted by Gasteiger charge is 2.04. The zero-order chi connectivity index (χ0) is 13.0. The van der Waals surface area contributed by atoms with E-state index in [0.717, 1.165) is 10.9 Å². The SMILES string of the molecule is CNCC(O)COc1ccc2[nH]c(=O)ccc2c1. The van der Waals surface area contributed by atoms with E-state index >= 15 is 0 Å². The fraction of sp³-hybridized carbons (Fsp3) is 0.308. The highest BCUT2D eigenvalue weighted by atomic mass is 16.5. The zero-order valence-electron chi connectivity index (χ0n) is 10.1. The number of benzene rings is 1. The molecule has 2 rings (SSSR count). The van der Waals surface area contributed by atoms with Gasteiger partial charge in [-0.3, -0.25) is 4.79 Å². The second-order valence-corrected chi connectivity index (χ2v) is 4.09. The molecule has 18 heavy (non-hydrogen) atoms. The first-order valence-electron chi connectivity index (χ1n) is 5.77. The number of aliphatic hydroxyl groups is 1. The molecule has 3 N–H and O–H groups in total. The van der Waals surface area contributed by atoms with Crippen LogP contribution in [0.15, 0.2) is 35.1 Å². The smallest absolute Gasteiger partial charge is 0.248 e. The van der Waals surface area contributed by atoms with Crippen LogP contribution in [-0.4, -0.2) is 36.4 Å². The van der Waals surface area contributed by atoms with Gasteiger partial charge in [-0.15, -0.1) is 0 Å². The van der Waals surface area contributed by atoms with Crippen molar-refractivity contribution in [3.05, 3.63) is 40.7 Å². The van der Waals surface area contributed by atoms with E-state index < -0.39 is 6.10 Å². The molecule has 1 aromatic carbocycles. The highest BCUT2D eigenvalue weighted by molar-refractivity contribution is 5.79.